The summed E-state index contributed by atoms with van der Waals surface area (Å²) in [4.78, 5) is 2.67. The molecule has 2 nitrogen and oxygen atoms in total. The number of aryl methyl sites for hydroxylation is 1. The minimum atomic E-state index is 0.163. The zero-order valence-corrected chi connectivity index (χ0v) is 12.8. The van der Waals surface area contributed by atoms with E-state index in [9.17, 15) is 0 Å². The summed E-state index contributed by atoms with van der Waals surface area (Å²) in [5, 5.41) is 0. The monoisotopic (exact) mass is 260 g/mol. The van der Waals surface area contributed by atoms with Crippen molar-refractivity contribution in [2.24, 2.45) is 5.73 Å². The lowest BCUT2D eigenvalue weighted by atomic mass is 9.96. The molecule has 2 N–H and O–H groups in total. The van der Waals surface area contributed by atoms with Gasteiger partial charge in [0.1, 0.15) is 0 Å². The van der Waals surface area contributed by atoms with Crippen LogP contribution in [0.3, 0.4) is 0 Å². The van der Waals surface area contributed by atoms with Crippen LogP contribution in [0.1, 0.15) is 57.2 Å². The van der Waals surface area contributed by atoms with E-state index in [2.05, 4.69) is 56.9 Å². The maximum Gasteiger partial charge on any atom is 0.0502 e. The first-order valence-corrected chi connectivity index (χ1v) is 7.64. The lowest BCUT2D eigenvalue weighted by Crippen LogP contribution is -2.45. The molecule has 1 aliphatic rings. The van der Waals surface area contributed by atoms with Gasteiger partial charge in [-0.25, -0.2) is 0 Å². The summed E-state index contributed by atoms with van der Waals surface area (Å²) in [6.45, 7) is 8.95. The highest BCUT2D eigenvalue weighted by molar-refractivity contribution is 5.27. The van der Waals surface area contributed by atoms with Crippen molar-refractivity contribution in [1.29, 1.82) is 0 Å². The van der Waals surface area contributed by atoms with Crippen LogP contribution in [0.5, 0.6) is 0 Å². The first kappa shape index (κ1) is 14.5. The van der Waals surface area contributed by atoms with Crippen molar-refractivity contribution in [3.8, 4) is 0 Å². The zero-order valence-electron chi connectivity index (χ0n) is 12.8. The Labute approximate surface area is 118 Å². The third-order valence-corrected chi connectivity index (χ3v) is 4.52. The standard InChI is InChI=1S/C17H28N2/c1-5-16-10-9-13(3)19(16)17(14(4)18)15-8-6-7-12(2)11-15/h6-8,11,13-14,16-17H,5,9-10,18H2,1-4H3. The van der Waals surface area contributed by atoms with Crippen molar-refractivity contribution >= 4 is 0 Å². The molecule has 2 heteroatoms. The van der Waals surface area contributed by atoms with Crippen molar-refractivity contribution in [2.45, 2.75) is 71.1 Å². The van der Waals surface area contributed by atoms with Crippen LogP contribution in [0.2, 0.25) is 0 Å². The van der Waals surface area contributed by atoms with Crippen LogP contribution < -0.4 is 5.73 Å². The minimum absolute atomic E-state index is 0.163. The van der Waals surface area contributed by atoms with E-state index in [1.54, 1.807) is 0 Å². The summed E-state index contributed by atoms with van der Waals surface area (Å²) >= 11 is 0. The van der Waals surface area contributed by atoms with Crippen LogP contribution >= 0.6 is 0 Å². The van der Waals surface area contributed by atoms with Crippen molar-refractivity contribution < 1.29 is 0 Å². The predicted molar refractivity (Wildman–Crippen MR) is 82.2 cm³/mol. The second-order valence-corrected chi connectivity index (χ2v) is 6.15. The van der Waals surface area contributed by atoms with Gasteiger partial charge in [0.05, 0.1) is 6.04 Å². The molecule has 0 aliphatic carbocycles. The number of nitrogens with two attached hydrogens (primary N) is 1. The highest BCUT2D eigenvalue weighted by Gasteiger charge is 2.36. The van der Waals surface area contributed by atoms with Crippen molar-refractivity contribution in [3.05, 3.63) is 35.4 Å². The molecule has 1 aromatic carbocycles. The molecular weight excluding hydrogens is 232 g/mol. The fourth-order valence-corrected chi connectivity index (χ4v) is 3.61. The van der Waals surface area contributed by atoms with E-state index < -0.39 is 0 Å². The Hall–Kier alpha value is -0.860. The number of nitrogens with zero attached hydrogens (tertiary/aromatic N) is 1. The molecule has 0 amide bonds. The van der Waals surface area contributed by atoms with Crippen LogP contribution in [-0.4, -0.2) is 23.0 Å². The Morgan fingerprint density at radius 3 is 2.68 bits per heavy atom. The molecule has 4 atom stereocenters. The largest absolute Gasteiger partial charge is 0.326 e. The Morgan fingerprint density at radius 1 is 1.37 bits per heavy atom. The van der Waals surface area contributed by atoms with Crippen LogP contribution in [0, 0.1) is 6.92 Å². The van der Waals surface area contributed by atoms with Crippen LogP contribution in [0.25, 0.3) is 0 Å². The first-order valence-electron chi connectivity index (χ1n) is 7.64. The summed E-state index contributed by atoms with van der Waals surface area (Å²) in [7, 11) is 0. The van der Waals surface area contributed by atoms with E-state index in [0.717, 1.165) is 0 Å². The lowest BCUT2D eigenvalue weighted by molar-refractivity contribution is 0.117. The molecule has 1 aromatic rings. The number of benzene rings is 1. The van der Waals surface area contributed by atoms with Crippen molar-refractivity contribution in [1.82, 2.24) is 4.90 Å². The van der Waals surface area contributed by atoms with Gasteiger partial charge < -0.3 is 5.73 Å². The van der Waals surface area contributed by atoms with Gasteiger partial charge in [-0.3, -0.25) is 4.90 Å². The van der Waals surface area contributed by atoms with Crippen LogP contribution in [0.15, 0.2) is 24.3 Å². The summed E-state index contributed by atoms with van der Waals surface area (Å²) in [5.41, 5.74) is 9.04. The third kappa shape index (κ3) is 3.01. The second kappa shape index (κ2) is 6.06. The van der Waals surface area contributed by atoms with Gasteiger partial charge in [0.25, 0.3) is 0 Å². The fraction of sp³-hybridized carbons (Fsp3) is 0.647. The Kier molecular flexibility index (Phi) is 4.64. The molecule has 2 rings (SSSR count). The summed E-state index contributed by atoms with van der Waals surface area (Å²) in [6.07, 6.45) is 3.83. The molecule has 0 aromatic heterocycles. The molecular formula is C17H28N2. The Morgan fingerprint density at radius 2 is 2.11 bits per heavy atom. The third-order valence-electron chi connectivity index (χ3n) is 4.52. The molecule has 0 saturated carbocycles. The summed E-state index contributed by atoms with van der Waals surface area (Å²) in [6, 6.07) is 10.7. The molecule has 0 radical (unpaired) electrons. The van der Waals surface area contributed by atoms with Gasteiger partial charge in [-0.2, -0.15) is 0 Å². The number of hydrogen-bond acceptors (Lipinski definition) is 2. The van der Waals surface area contributed by atoms with Crippen molar-refractivity contribution in [2.75, 3.05) is 0 Å². The lowest BCUT2D eigenvalue weighted by Gasteiger charge is -2.38. The average molecular weight is 260 g/mol. The fourth-order valence-electron chi connectivity index (χ4n) is 3.61. The zero-order chi connectivity index (χ0) is 14.0. The number of rotatable bonds is 4. The maximum absolute atomic E-state index is 6.34. The topological polar surface area (TPSA) is 29.3 Å². The molecule has 4 unspecified atom stereocenters. The van der Waals surface area contributed by atoms with E-state index >= 15 is 0 Å². The van der Waals surface area contributed by atoms with Gasteiger partial charge in [-0.1, -0.05) is 36.8 Å². The van der Waals surface area contributed by atoms with Gasteiger partial charge in [-0.05, 0) is 45.6 Å². The van der Waals surface area contributed by atoms with E-state index in [-0.39, 0.29) is 6.04 Å². The van der Waals surface area contributed by atoms with Gasteiger partial charge in [0.15, 0.2) is 0 Å². The Balaban J connectivity index is 2.34. The molecule has 1 heterocycles. The van der Waals surface area contributed by atoms with E-state index in [4.69, 9.17) is 5.73 Å². The van der Waals surface area contributed by atoms with Gasteiger partial charge in [0, 0.05) is 18.1 Å². The van der Waals surface area contributed by atoms with Crippen LogP contribution in [-0.2, 0) is 0 Å². The average Bonchev–Trinajstić information content (AvgIpc) is 2.71. The molecule has 1 aliphatic heterocycles. The number of hydrogen-bond donors (Lipinski definition) is 1. The smallest absolute Gasteiger partial charge is 0.0502 e. The van der Waals surface area contributed by atoms with Crippen molar-refractivity contribution in [3.63, 3.8) is 0 Å². The molecule has 1 fully saturated rings. The molecule has 19 heavy (non-hydrogen) atoms. The quantitative estimate of drug-likeness (QED) is 0.895. The molecule has 1 saturated heterocycles. The highest BCUT2D eigenvalue weighted by atomic mass is 15.2. The highest BCUT2D eigenvalue weighted by Crippen LogP contribution is 2.36. The minimum Gasteiger partial charge on any atom is -0.326 e. The maximum atomic E-state index is 6.34. The SMILES string of the molecule is CCC1CCC(C)N1C(c1cccc(C)c1)C(C)N. The predicted octanol–water partition coefficient (Wildman–Crippen LogP) is 3.65. The molecule has 106 valence electrons. The summed E-state index contributed by atoms with van der Waals surface area (Å²) < 4.78 is 0. The van der Waals surface area contributed by atoms with Crippen LogP contribution in [0.4, 0.5) is 0 Å². The molecule has 0 bridgehead atoms. The first-order chi connectivity index (χ1) is 9.04. The molecule has 0 spiro atoms. The normalized spacial score (nSPS) is 27.4. The van der Waals surface area contributed by atoms with E-state index in [1.807, 2.05) is 0 Å². The summed E-state index contributed by atoms with van der Waals surface area (Å²) in [5.74, 6) is 0. The number of likely N-dealkylation sites (tertiary alicyclic amines) is 1. The van der Waals surface area contributed by atoms with E-state index in [1.165, 1.54) is 30.4 Å². The Bertz CT molecular complexity index is 413. The van der Waals surface area contributed by atoms with Gasteiger partial charge in [0.2, 0.25) is 0 Å². The van der Waals surface area contributed by atoms with E-state index in [0.29, 0.717) is 18.1 Å². The second-order valence-electron chi connectivity index (χ2n) is 6.15. The van der Waals surface area contributed by atoms with Gasteiger partial charge in [-0.15, -0.1) is 0 Å². The van der Waals surface area contributed by atoms with Gasteiger partial charge >= 0.3 is 0 Å².